The van der Waals surface area contributed by atoms with Gasteiger partial charge in [0.25, 0.3) is 5.91 Å². The Morgan fingerprint density at radius 3 is 2.76 bits per heavy atom. The lowest BCUT2D eigenvalue weighted by molar-refractivity contribution is 0.0950. The number of hydrogen-bond donors (Lipinski definition) is 3. The van der Waals surface area contributed by atoms with E-state index in [-0.39, 0.29) is 12.5 Å². The van der Waals surface area contributed by atoms with Gasteiger partial charge in [0.1, 0.15) is 0 Å². The largest absolute Gasteiger partial charge is 0.396 e. The molecule has 0 saturated heterocycles. The molecule has 4 rings (SSSR count). The molecule has 0 aliphatic rings. The number of pyridine rings is 1. The summed E-state index contributed by atoms with van der Waals surface area (Å²) in [7, 11) is 0. The second-order valence-corrected chi connectivity index (χ2v) is 8.66. The molecule has 0 fully saturated rings. The second kappa shape index (κ2) is 11.4. The van der Waals surface area contributed by atoms with E-state index in [0.717, 1.165) is 51.3 Å². The van der Waals surface area contributed by atoms with Crippen molar-refractivity contribution in [3.63, 3.8) is 0 Å². The monoisotopic (exact) mass is 458 g/mol. The van der Waals surface area contributed by atoms with Gasteiger partial charge in [-0.1, -0.05) is 30.0 Å². The minimum Gasteiger partial charge on any atom is -0.396 e. The summed E-state index contributed by atoms with van der Waals surface area (Å²) in [5, 5.41) is 20.4. The van der Waals surface area contributed by atoms with Crippen molar-refractivity contribution < 1.29 is 9.90 Å². The van der Waals surface area contributed by atoms with E-state index in [1.54, 1.807) is 18.0 Å². The molecule has 33 heavy (non-hydrogen) atoms. The predicted molar refractivity (Wildman–Crippen MR) is 133 cm³/mol. The summed E-state index contributed by atoms with van der Waals surface area (Å²) >= 11 is 1.55. The van der Waals surface area contributed by atoms with E-state index in [2.05, 4.69) is 26.6 Å². The molecular weight excluding hydrogens is 432 g/mol. The van der Waals surface area contributed by atoms with Gasteiger partial charge in [0.2, 0.25) is 0 Å². The van der Waals surface area contributed by atoms with Crippen LogP contribution in [0.1, 0.15) is 41.0 Å². The lowest BCUT2D eigenvalue weighted by atomic mass is 10.2. The number of rotatable bonds is 10. The number of amides is 1. The van der Waals surface area contributed by atoms with Gasteiger partial charge in [-0.05, 0) is 73.9 Å². The fourth-order valence-corrected chi connectivity index (χ4v) is 4.41. The lowest BCUT2D eigenvalue weighted by Gasteiger charge is -2.10. The van der Waals surface area contributed by atoms with Gasteiger partial charge in [0.05, 0.1) is 22.5 Å². The summed E-state index contributed by atoms with van der Waals surface area (Å²) in [4.78, 5) is 18.9. The van der Waals surface area contributed by atoms with Gasteiger partial charge in [-0.3, -0.25) is 14.9 Å². The van der Waals surface area contributed by atoms with E-state index in [1.807, 2.05) is 66.7 Å². The molecule has 0 unspecified atom stereocenters. The molecule has 0 aliphatic heterocycles. The number of nitrogens with one attached hydrogen (secondary N) is 2. The Bertz CT molecular complexity index is 1240. The van der Waals surface area contributed by atoms with Gasteiger partial charge in [-0.2, -0.15) is 5.10 Å². The summed E-state index contributed by atoms with van der Waals surface area (Å²) in [6.07, 6.45) is 8.18. The SMILES string of the molecule is O=C(NCCCCCO)c1ccccc1Sc1ccc2c(/C=C/c3ccccn3)n[nH]c2c1. The van der Waals surface area contributed by atoms with Gasteiger partial charge >= 0.3 is 0 Å². The number of carbonyl (C=O) groups excluding carboxylic acids is 1. The third kappa shape index (κ3) is 6.09. The number of aromatic amines is 1. The molecule has 0 atom stereocenters. The molecule has 1 amide bonds. The molecule has 0 aliphatic carbocycles. The zero-order chi connectivity index (χ0) is 22.9. The topological polar surface area (TPSA) is 90.9 Å². The lowest BCUT2D eigenvalue weighted by Crippen LogP contribution is -2.25. The van der Waals surface area contributed by atoms with E-state index in [1.165, 1.54) is 0 Å². The number of aliphatic hydroxyl groups is 1. The molecule has 168 valence electrons. The van der Waals surface area contributed by atoms with Gasteiger partial charge < -0.3 is 10.4 Å². The van der Waals surface area contributed by atoms with E-state index >= 15 is 0 Å². The normalized spacial score (nSPS) is 11.3. The number of benzene rings is 2. The van der Waals surface area contributed by atoms with Crippen LogP contribution in [0.5, 0.6) is 0 Å². The van der Waals surface area contributed by atoms with Crippen LogP contribution < -0.4 is 5.32 Å². The van der Waals surface area contributed by atoms with Crippen molar-refractivity contribution in [1.29, 1.82) is 0 Å². The fraction of sp³-hybridized carbons (Fsp3) is 0.192. The second-order valence-electron chi connectivity index (χ2n) is 7.54. The maximum Gasteiger partial charge on any atom is 0.252 e. The molecule has 6 nitrogen and oxygen atoms in total. The number of aromatic nitrogens is 3. The van der Waals surface area contributed by atoms with E-state index in [9.17, 15) is 4.79 Å². The fourth-order valence-electron chi connectivity index (χ4n) is 3.43. The van der Waals surface area contributed by atoms with E-state index in [0.29, 0.717) is 12.1 Å². The van der Waals surface area contributed by atoms with Crippen molar-refractivity contribution in [2.24, 2.45) is 0 Å². The van der Waals surface area contributed by atoms with E-state index in [4.69, 9.17) is 5.11 Å². The number of hydrogen-bond acceptors (Lipinski definition) is 5. The molecule has 7 heteroatoms. The van der Waals surface area contributed by atoms with Crippen molar-refractivity contribution in [3.05, 3.63) is 83.8 Å². The Balaban J connectivity index is 1.46. The van der Waals surface area contributed by atoms with Gasteiger partial charge in [0, 0.05) is 34.5 Å². The summed E-state index contributed by atoms with van der Waals surface area (Å²) < 4.78 is 0. The number of unbranched alkanes of at least 4 members (excludes halogenated alkanes) is 2. The highest BCUT2D eigenvalue weighted by Crippen LogP contribution is 2.32. The molecular formula is C26H26N4O2S. The predicted octanol–water partition coefficient (Wildman–Crippen LogP) is 5.17. The van der Waals surface area contributed by atoms with Crippen LogP contribution in [-0.4, -0.2) is 39.3 Å². The summed E-state index contributed by atoms with van der Waals surface area (Å²) in [5.74, 6) is -0.0772. The van der Waals surface area contributed by atoms with Crippen molar-refractivity contribution in [2.75, 3.05) is 13.2 Å². The molecule has 4 aromatic rings. The van der Waals surface area contributed by atoms with Gasteiger partial charge in [-0.15, -0.1) is 0 Å². The Morgan fingerprint density at radius 2 is 1.91 bits per heavy atom. The minimum atomic E-state index is -0.0772. The van der Waals surface area contributed by atoms with Gasteiger partial charge in [-0.25, -0.2) is 0 Å². The van der Waals surface area contributed by atoms with Crippen LogP contribution in [-0.2, 0) is 0 Å². The summed E-state index contributed by atoms with van der Waals surface area (Å²) in [5.41, 5.74) is 3.33. The van der Waals surface area contributed by atoms with Crippen LogP contribution in [0.3, 0.4) is 0 Å². The zero-order valence-corrected chi connectivity index (χ0v) is 19.0. The van der Waals surface area contributed by atoms with Gasteiger partial charge in [0.15, 0.2) is 0 Å². The first kappa shape index (κ1) is 22.8. The number of nitrogens with zero attached hydrogens (tertiary/aromatic N) is 2. The Labute approximate surface area is 197 Å². The maximum absolute atomic E-state index is 12.7. The Kier molecular flexibility index (Phi) is 7.90. The summed E-state index contributed by atoms with van der Waals surface area (Å²) in [6.45, 7) is 0.794. The smallest absolute Gasteiger partial charge is 0.252 e. The van der Waals surface area contributed by atoms with E-state index < -0.39 is 0 Å². The molecule has 2 aromatic carbocycles. The minimum absolute atomic E-state index is 0.0772. The third-order valence-corrected chi connectivity index (χ3v) is 6.21. The van der Waals surface area contributed by atoms with Crippen LogP contribution in [0.2, 0.25) is 0 Å². The molecule has 2 aromatic heterocycles. The molecule has 0 saturated carbocycles. The highest BCUT2D eigenvalue weighted by Gasteiger charge is 2.12. The Morgan fingerprint density at radius 1 is 1.03 bits per heavy atom. The molecule has 0 spiro atoms. The first-order valence-corrected chi connectivity index (χ1v) is 11.8. The zero-order valence-electron chi connectivity index (χ0n) is 18.2. The maximum atomic E-state index is 12.7. The average Bonchev–Trinajstić information content (AvgIpc) is 3.25. The first-order valence-electron chi connectivity index (χ1n) is 11.0. The van der Waals surface area contributed by atoms with Crippen LogP contribution >= 0.6 is 11.8 Å². The van der Waals surface area contributed by atoms with Crippen molar-refractivity contribution in [1.82, 2.24) is 20.5 Å². The van der Waals surface area contributed by atoms with Crippen molar-refractivity contribution in [3.8, 4) is 0 Å². The number of aliphatic hydroxyl groups excluding tert-OH is 1. The van der Waals surface area contributed by atoms with Crippen LogP contribution in [0.25, 0.3) is 23.1 Å². The molecule has 0 bridgehead atoms. The highest BCUT2D eigenvalue weighted by atomic mass is 32.2. The van der Waals surface area contributed by atoms with Crippen LogP contribution in [0, 0.1) is 0 Å². The average molecular weight is 459 g/mol. The highest BCUT2D eigenvalue weighted by molar-refractivity contribution is 7.99. The number of carbonyl (C=O) groups is 1. The molecule has 2 heterocycles. The van der Waals surface area contributed by atoms with Crippen molar-refractivity contribution >= 4 is 40.7 Å². The standard InChI is InChI=1S/C26H26N4O2S/c31-17-7-1-5-16-28-26(32)22-9-2-3-10-25(22)33-20-12-13-21-23(29-30-24(21)18-20)14-11-19-8-4-6-15-27-19/h2-4,6,8-15,18,31H,1,5,7,16-17H2,(H,28,32)(H,29,30)/b14-11+. The number of H-pyrrole nitrogens is 1. The summed E-state index contributed by atoms with van der Waals surface area (Å²) in [6, 6.07) is 19.6. The molecule has 0 radical (unpaired) electrons. The first-order chi connectivity index (χ1) is 16.2. The van der Waals surface area contributed by atoms with Crippen molar-refractivity contribution in [2.45, 2.75) is 29.1 Å². The van der Waals surface area contributed by atoms with Crippen LogP contribution in [0.15, 0.2) is 76.7 Å². The number of fused-ring (bicyclic) bond motifs is 1. The third-order valence-electron chi connectivity index (χ3n) is 5.14. The quantitative estimate of drug-likeness (QED) is 0.285. The van der Waals surface area contributed by atoms with Crippen LogP contribution in [0.4, 0.5) is 0 Å². The molecule has 3 N–H and O–H groups in total. The Hall–Kier alpha value is -3.42.